The Bertz CT molecular complexity index is 921. The Kier molecular flexibility index (Phi) is 4.20. The number of nitrogens with zero attached hydrogens (tertiary/aromatic N) is 1. The number of thiophene rings is 1. The van der Waals surface area contributed by atoms with Gasteiger partial charge in [-0.05, 0) is 48.3 Å². The van der Waals surface area contributed by atoms with Crippen molar-refractivity contribution in [1.29, 1.82) is 0 Å². The van der Waals surface area contributed by atoms with Gasteiger partial charge in [-0.3, -0.25) is 0 Å². The van der Waals surface area contributed by atoms with Crippen molar-refractivity contribution in [3.05, 3.63) is 53.5 Å². The fraction of sp³-hybridized carbons (Fsp3) is 0.333. The average molecular weight is 361 g/mol. The lowest BCUT2D eigenvalue weighted by Crippen LogP contribution is -2.38. The second kappa shape index (κ2) is 6.35. The normalized spacial score (nSPS) is 17.5. The standard InChI is InChI=1S/C18H20N2O2S2/c21-24(22,18-6-3-11-23-18)20-9-7-14(8-10-20)12-15-13-19-17-5-2-1-4-16(15)17/h1-6,11,13-14,19H,7-10,12H2. The molecule has 126 valence electrons. The molecule has 0 spiro atoms. The number of fused-ring (bicyclic) bond motifs is 1. The molecule has 0 aliphatic carbocycles. The van der Waals surface area contributed by atoms with Crippen molar-refractivity contribution >= 4 is 32.3 Å². The number of piperidine rings is 1. The SMILES string of the molecule is O=S(=O)(c1cccs1)N1CCC(Cc2c[nH]c3ccccc23)CC1. The van der Waals surface area contributed by atoms with E-state index in [1.807, 2.05) is 11.4 Å². The molecule has 0 radical (unpaired) electrons. The fourth-order valence-corrected chi connectivity index (χ4v) is 6.12. The van der Waals surface area contributed by atoms with Gasteiger partial charge in [0.05, 0.1) is 0 Å². The number of hydrogen-bond donors (Lipinski definition) is 1. The minimum atomic E-state index is -3.29. The zero-order valence-electron chi connectivity index (χ0n) is 13.3. The highest BCUT2D eigenvalue weighted by Gasteiger charge is 2.30. The summed E-state index contributed by atoms with van der Waals surface area (Å²) in [4.78, 5) is 3.32. The molecule has 1 saturated heterocycles. The lowest BCUT2D eigenvalue weighted by Gasteiger charge is -2.30. The summed E-state index contributed by atoms with van der Waals surface area (Å²) in [7, 11) is -3.29. The summed E-state index contributed by atoms with van der Waals surface area (Å²) in [5, 5.41) is 3.10. The maximum atomic E-state index is 12.6. The zero-order chi connectivity index (χ0) is 16.6. The Morgan fingerprint density at radius 1 is 1.12 bits per heavy atom. The number of H-pyrrole nitrogens is 1. The summed E-state index contributed by atoms with van der Waals surface area (Å²) < 4.78 is 27.3. The summed E-state index contributed by atoms with van der Waals surface area (Å²) >= 11 is 1.30. The predicted molar refractivity (Wildman–Crippen MR) is 97.8 cm³/mol. The predicted octanol–water partition coefficient (Wildman–Crippen LogP) is 3.87. The van der Waals surface area contributed by atoms with E-state index in [1.54, 1.807) is 16.4 Å². The second-order valence-corrected chi connectivity index (χ2v) is 9.46. The molecule has 1 fully saturated rings. The van der Waals surface area contributed by atoms with Gasteiger partial charge >= 0.3 is 0 Å². The van der Waals surface area contributed by atoms with E-state index in [1.165, 1.54) is 27.8 Å². The number of benzene rings is 1. The van der Waals surface area contributed by atoms with Gasteiger partial charge in [-0.25, -0.2) is 8.42 Å². The quantitative estimate of drug-likeness (QED) is 0.768. The van der Waals surface area contributed by atoms with Gasteiger partial charge in [-0.1, -0.05) is 24.3 Å². The van der Waals surface area contributed by atoms with Gasteiger partial charge in [0.2, 0.25) is 0 Å². The molecular formula is C18H20N2O2S2. The topological polar surface area (TPSA) is 53.2 Å². The van der Waals surface area contributed by atoms with Gasteiger partial charge in [0.15, 0.2) is 0 Å². The molecule has 0 amide bonds. The minimum Gasteiger partial charge on any atom is -0.361 e. The Labute approximate surface area is 146 Å². The van der Waals surface area contributed by atoms with Crippen LogP contribution in [-0.4, -0.2) is 30.8 Å². The van der Waals surface area contributed by atoms with E-state index in [-0.39, 0.29) is 0 Å². The number of hydrogen-bond acceptors (Lipinski definition) is 3. The summed E-state index contributed by atoms with van der Waals surface area (Å²) in [6.45, 7) is 1.24. The molecule has 24 heavy (non-hydrogen) atoms. The van der Waals surface area contributed by atoms with Crippen LogP contribution in [-0.2, 0) is 16.4 Å². The van der Waals surface area contributed by atoms with Crippen LogP contribution in [0.2, 0.25) is 0 Å². The summed E-state index contributed by atoms with van der Waals surface area (Å²) in [6, 6.07) is 11.8. The van der Waals surface area contributed by atoms with E-state index in [4.69, 9.17) is 0 Å². The Hall–Kier alpha value is -1.63. The first kappa shape index (κ1) is 15.9. The molecule has 0 bridgehead atoms. The van der Waals surface area contributed by atoms with Gasteiger partial charge in [0.1, 0.15) is 4.21 Å². The lowest BCUT2D eigenvalue weighted by molar-refractivity contribution is 0.273. The first-order chi connectivity index (χ1) is 11.6. The Morgan fingerprint density at radius 2 is 1.92 bits per heavy atom. The van der Waals surface area contributed by atoms with Crippen LogP contribution in [0, 0.1) is 5.92 Å². The minimum absolute atomic E-state index is 0.456. The van der Waals surface area contributed by atoms with Crippen molar-refractivity contribution < 1.29 is 8.42 Å². The van der Waals surface area contributed by atoms with E-state index in [2.05, 4.69) is 29.4 Å². The van der Waals surface area contributed by atoms with E-state index in [0.29, 0.717) is 23.2 Å². The van der Waals surface area contributed by atoms with Crippen molar-refractivity contribution in [3.63, 3.8) is 0 Å². The first-order valence-corrected chi connectivity index (χ1v) is 10.6. The van der Waals surface area contributed by atoms with Gasteiger partial charge in [0, 0.05) is 30.2 Å². The van der Waals surface area contributed by atoms with E-state index < -0.39 is 10.0 Å². The van der Waals surface area contributed by atoms with Crippen LogP contribution >= 0.6 is 11.3 Å². The van der Waals surface area contributed by atoms with Crippen molar-refractivity contribution in [2.45, 2.75) is 23.5 Å². The third-order valence-electron chi connectivity index (χ3n) is 4.85. The number of nitrogens with one attached hydrogen (secondary N) is 1. The van der Waals surface area contributed by atoms with E-state index >= 15 is 0 Å². The van der Waals surface area contributed by atoms with Crippen LogP contribution in [0.15, 0.2) is 52.2 Å². The van der Waals surface area contributed by atoms with Gasteiger partial charge in [-0.2, -0.15) is 4.31 Å². The Morgan fingerprint density at radius 3 is 2.67 bits per heavy atom. The number of rotatable bonds is 4. The molecule has 3 aromatic rings. The number of aromatic nitrogens is 1. The molecule has 3 heterocycles. The third kappa shape index (κ3) is 2.90. The highest BCUT2D eigenvalue weighted by molar-refractivity contribution is 7.91. The largest absolute Gasteiger partial charge is 0.361 e. The number of aromatic amines is 1. The highest BCUT2D eigenvalue weighted by atomic mass is 32.2. The molecule has 1 aliphatic heterocycles. The van der Waals surface area contributed by atoms with E-state index in [9.17, 15) is 8.42 Å². The fourth-order valence-electron chi connectivity index (χ4n) is 3.50. The highest BCUT2D eigenvalue weighted by Crippen LogP contribution is 2.29. The van der Waals surface area contributed by atoms with Gasteiger partial charge in [-0.15, -0.1) is 11.3 Å². The molecule has 1 aromatic carbocycles. The van der Waals surface area contributed by atoms with Crippen molar-refractivity contribution in [2.24, 2.45) is 5.92 Å². The molecule has 0 saturated carbocycles. The maximum Gasteiger partial charge on any atom is 0.252 e. The van der Waals surface area contributed by atoms with Gasteiger partial charge in [0.25, 0.3) is 10.0 Å². The Balaban J connectivity index is 1.43. The number of sulfonamides is 1. The monoisotopic (exact) mass is 360 g/mol. The van der Waals surface area contributed by atoms with Crippen LogP contribution in [0.25, 0.3) is 10.9 Å². The van der Waals surface area contributed by atoms with Crippen LogP contribution in [0.1, 0.15) is 18.4 Å². The smallest absolute Gasteiger partial charge is 0.252 e. The lowest BCUT2D eigenvalue weighted by atomic mass is 9.91. The van der Waals surface area contributed by atoms with Crippen LogP contribution in [0.5, 0.6) is 0 Å². The van der Waals surface area contributed by atoms with Crippen LogP contribution < -0.4 is 0 Å². The molecule has 1 aliphatic rings. The van der Waals surface area contributed by atoms with Gasteiger partial charge < -0.3 is 4.98 Å². The third-order valence-corrected chi connectivity index (χ3v) is 8.12. The first-order valence-electron chi connectivity index (χ1n) is 8.23. The second-order valence-electron chi connectivity index (χ2n) is 6.34. The van der Waals surface area contributed by atoms with Crippen molar-refractivity contribution in [2.75, 3.05) is 13.1 Å². The van der Waals surface area contributed by atoms with Crippen LogP contribution in [0.4, 0.5) is 0 Å². The molecule has 2 aromatic heterocycles. The molecule has 1 N–H and O–H groups in total. The molecular weight excluding hydrogens is 340 g/mol. The molecule has 0 unspecified atom stereocenters. The van der Waals surface area contributed by atoms with E-state index in [0.717, 1.165) is 19.3 Å². The van der Waals surface area contributed by atoms with Crippen LogP contribution in [0.3, 0.4) is 0 Å². The molecule has 6 heteroatoms. The molecule has 4 nitrogen and oxygen atoms in total. The summed E-state index contributed by atoms with van der Waals surface area (Å²) in [5.41, 5.74) is 2.51. The average Bonchev–Trinajstić information content (AvgIpc) is 3.26. The number of para-hydroxylation sites is 1. The van der Waals surface area contributed by atoms with Crippen molar-refractivity contribution in [1.82, 2.24) is 9.29 Å². The zero-order valence-corrected chi connectivity index (χ0v) is 14.9. The maximum absolute atomic E-state index is 12.6. The molecule has 4 rings (SSSR count). The summed E-state index contributed by atoms with van der Waals surface area (Å²) in [6.07, 6.45) is 4.95. The van der Waals surface area contributed by atoms with Crippen molar-refractivity contribution in [3.8, 4) is 0 Å². The summed E-state index contributed by atoms with van der Waals surface area (Å²) in [5.74, 6) is 0.541. The molecule has 0 atom stereocenters.